The standard InChI is InChI=1S/C23H49N/c1-4-7-9-11-13-15-17-19-22-24(21-6-3)23-20-18-16-14-12-10-8-5-2/h4-23H2,1-3H3. The van der Waals surface area contributed by atoms with Crippen molar-refractivity contribution in [3.05, 3.63) is 0 Å². The van der Waals surface area contributed by atoms with Gasteiger partial charge in [0, 0.05) is 0 Å². The molecule has 146 valence electrons. The summed E-state index contributed by atoms with van der Waals surface area (Å²) < 4.78 is 0. The molecule has 1 nitrogen and oxygen atoms in total. The van der Waals surface area contributed by atoms with Crippen LogP contribution in [0.4, 0.5) is 0 Å². The third-order valence-corrected chi connectivity index (χ3v) is 5.20. The lowest BCUT2D eigenvalue weighted by atomic mass is 10.1. The Morgan fingerprint density at radius 3 is 1.00 bits per heavy atom. The number of hydrogen-bond acceptors (Lipinski definition) is 1. The topological polar surface area (TPSA) is 3.24 Å². The van der Waals surface area contributed by atoms with Crippen LogP contribution in [0.25, 0.3) is 0 Å². The SMILES string of the molecule is CCCCCCCCCCN(CCC)CCCCCCCCCC. The van der Waals surface area contributed by atoms with Gasteiger partial charge < -0.3 is 4.90 Å². The average molecular weight is 340 g/mol. The zero-order valence-electron chi connectivity index (χ0n) is 17.6. The molecule has 0 atom stereocenters. The molecule has 0 aliphatic carbocycles. The van der Waals surface area contributed by atoms with Crippen LogP contribution in [0.3, 0.4) is 0 Å². The Bertz CT molecular complexity index is 194. The van der Waals surface area contributed by atoms with Crippen molar-refractivity contribution >= 4 is 0 Å². The molecule has 0 fully saturated rings. The van der Waals surface area contributed by atoms with E-state index in [4.69, 9.17) is 0 Å². The summed E-state index contributed by atoms with van der Waals surface area (Å²) in [4.78, 5) is 2.73. The first-order chi connectivity index (χ1) is 11.8. The average Bonchev–Trinajstić information content (AvgIpc) is 2.59. The molecule has 0 radical (unpaired) electrons. The summed E-state index contributed by atoms with van der Waals surface area (Å²) in [6.45, 7) is 10.9. The van der Waals surface area contributed by atoms with E-state index in [9.17, 15) is 0 Å². The van der Waals surface area contributed by atoms with Crippen LogP contribution in [0.15, 0.2) is 0 Å². The van der Waals surface area contributed by atoms with Crippen LogP contribution in [-0.4, -0.2) is 24.5 Å². The van der Waals surface area contributed by atoms with Gasteiger partial charge in [0.1, 0.15) is 0 Å². The quantitative estimate of drug-likeness (QED) is 0.203. The van der Waals surface area contributed by atoms with Gasteiger partial charge in [-0.3, -0.25) is 0 Å². The van der Waals surface area contributed by atoms with Gasteiger partial charge in [-0.15, -0.1) is 0 Å². The van der Waals surface area contributed by atoms with Crippen LogP contribution in [0.2, 0.25) is 0 Å². The van der Waals surface area contributed by atoms with Crippen molar-refractivity contribution in [3.63, 3.8) is 0 Å². The van der Waals surface area contributed by atoms with E-state index in [-0.39, 0.29) is 0 Å². The molecule has 0 saturated heterocycles. The molecule has 0 unspecified atom stereocenters. The van der Waals surface area contributed by atoms with Gasteiger partial charge in [0.2, 0.25) is 0 Å². The van der Waals surface area contributed by atoms with Gasteiger partial charge in [-0.25, -0.2) is 0 Å². The number of hydrogen-bond donors (Lipinski definition) is 0. The highest BCUT2D eigenvalue weighted by molar-refractivity contribution is 4.59. The van der Waals surface area contributed by atoms with E-state index in [1.807, 2.05) is 0 Å². The van der Waals surface area contributed by atoms with E-state index in [2.05, 4.69) is 25.7 Å². The first-order valence-corrected chi connectivity index (χ1v) is 11.6. The van der Waals surface area contributed by atoms with Crippen molar-refractivity contribution in [1.29, 1.82) is 0 Å². The molecule has 24 heavy (non-hydrogen) atoms. The zero-order chi connectivity index (χ0) is 17.7. The summed E-state index contributed by atoms with van der Waals surface area (Å²) in [6.07, 6.45) is 24.3. The molecule has 0 aliphatic heterocycles. The number of nitrogens with zero attached hydrogens (tertiary/aromatic N) is 1. The van der Waals surface area contributed by atoms with Crippen LogP contribution < -0.4 is 0 Å². The maximum atomic E-state index is 2.73. The Labute approximate surface area is 155 Å². The van der Waals surface area contributed by atoms with E-state index in [0.29, 0.717) is 0 Å². The van der Waals surface area contributed by atoms with Gasteiger partial charge in [-0.1, -0.05) is 111 Å². The van der Waals surface area contributed by atoms with Gasteiger partial charge in [0.15, 0.2) is 0 Å². The van der Waals surface area contributed by atoms with E-state index in [1.165, 1.54) is 129 Å². The summed E-state index contributed by atoms with van der Waals surface area (Å²) in [5.74, 6) is 0. The highest BCUT2D eigenvalue weighted by Gasteiger charge is 2.03. The fraction of sp³-hybridized carbons (Fsp3) is 1.00. The monoisotopic (exact) mass is 339 g/mol. The summed E-state index contributed by atoms with van der Waals surface area (Å²) in [5, 5.41) is 0. The van der Waals surface area contributed by atoms with Crippen molar-refractivity contribution in [2.75, 3.05) is 19.6 Å². The lowest BCUT2D eigenvalue weighted by Crippen LogP contribution is -2.27. The molecule has 0 aromatic heterocycles. The molecule has 0 amide bonds. The molecule has 0 rings (SSSR count). The van der Waals surface area contributed by atoms with Crippen molar-refractivity contribution in [1.82, 2.24) is 4.90 Å². The molecule has 0 aromatic carbocycles. The largest absolute Gasteiger partial charge is 0.303 e. The van der Waals surface area contributed by atoms with Crippen LogP contribution in [0.1, 0.15) is 130 Å². The Kier molecular flexibility index (Phi) is 21.0. The van der Waals surface area contributed by atoms with E-state index in [1.54, 1.807) is 0 Å². The molecule has 0 saturated carbocycles. The first-order valence-electron chi connectivity index (χ1n) is 11.6. The molecule has 0 aliphatic rings. The van der Waals surface area contributed by atoms with Crippen molar-refractivity contribution < 1.29 is 0 Å². The molecule has 0 heterocycles. The Hall–Kier alpha value is -0.0400. The van der Waals surface area contributed by atoms with Gasteiger partial charge in [0.25, 0.3) is 0 Å². The van der Waals surface area contributed by atoms with Gasteiger partial charge in [-0.2, -0.15) is 0 Å². The molecule has 0 spiro atoms. The Morgan fingerprint density at radius 1 is 0.333 bits per heavy atom. The number of unbranched alkanes of at least 4 members (excludes halogenated alkanes) is 14. The van der Waals surface area contributed by atoms with Crippen molar-refractivity contribution in [2.24, 2.45) is 0 Å². The van der Waals surface area contributed by atoms with Gasteiger partial charge in [0.05, 0.1) is 0 Å². The zero-order valence-corrected chi connectivity index (χ0v) is 17.6. The number of rotatable bonds is 20. The molecular formula is C23H49N. The molecule has 0 aromatic rings. The Morgan fingerprint density at radius 2 is 0.667 bits per heavy atom. The predicted molar refractivity (Wildman–Crippen MR) is 112 cm³/mol. The fourth-order valence-corrected chi connectivity index (χ4v) is 3.59. The normalized spacial score (nSPS) is 11.5. The predicted octanol–water partition coefficient (Wildman–Crippen LogP) is 7.98. The molecule has 1 heteroatoms. The third kappa shape index (κ3) is 18.3. The molecular weight excluding hydrogens is 290 g/mol. The van der Waals surface area contributed by atoms with Crippen LogP contribution >= 0.6 is 0 Å². The summed E-state index contributed by atoms with van der Waals surface area (Å²) in [6, 6.07) is 0. The lowest BCUT2D eigenvalue weighted by Gasteiger charge is -2.21. The van der Waals surface area contributed by atoms with Crippen LogP contribution in [0.5, 0.6) is 0 Å². The van der Waals surface area contributed by atoms with Crippen LogP contribution in [-0.2, 0) is 0 Å². The maximum Gasteiger partial charge on any atom is -0.00187 e. The van der Waals surface area contributed by atoms with Crippen molar-refractivity contribution in [3.8, 4) is 0 Å². The summed E-state index contributed by atoms with van der Waals surface area (Å²) in [7, 11) is 0. The maximum absolute atomic E-state index is 2.73. The first kappa shape index (κ1) is 24.0. The van der Waals surface area contributed by atoms with E-state index >= 15 is 0 Å². The summed E-state index contributed by atoms with van der Waals surface area (Å²) >= 11 is 0. The minimum absolute atomic E-state index is 1.31. The second kappa shape index (κ2) is 21.0. The second-order valence-corrected chi connectivity index (χ2v) is 7.79. The van der Waals surface area contributed by atoms with Gasteiger partial charge >= 0.3 is 0 Å². The third-order valence-electron chi connectivity index (χ3n) is 5.20. The van der Waals surface area contributed by atoms with Crippen LogP contribution in [0, 0.1) is 0 Å². The van der Waals surface area contributed by atoms with E-state index in [0.717, 1.165) is 0 Å². The fourth-order valence-electron chi connectivity index (χ4n) is 3.59. The smallest absolute Gasteiger partial charge is 0.00187 e. The highest BCUT2D eigenvalue weighted by atomic mass is 15.1. The molecule has 0 N–H and O–H groups in total. The lowest BCUT2D eigenvalue weighted by molar-refractivity contribution is 0.260. The summed E-state index contributed by atoms with van der Waals surface area (Å²) in [5.41, 5.74) is 0. The van der Waals surface area contributed by atoms with Gasteiger partial charge in [-0.05, 0) is 38.9 Å². The highest BCUT2D eigenvalue weighted by Crippen LogP contribution is 2.11. The Balaban J connectivity index is 3.43. The van der Waals surface area contributed by atoms with E-state index < -0.39 is 0 Å². The molecule has 0 bridgehead atoms. The van der Waals surface area contributed by atoms with Crippen molar-refractivity contribution in [2.45, 2.75) is 130 Å². The second-order valence-electron chi connectivity index (χ2n) is 7.79. The minimum Gasteiger partial charge on any atom is -0.303 e. The minimum atomic E-state index is 1.31.